The summed E-state index contributed by atoms with van der Waals surface area (Å²) in [6, 6.07) is 4.84. The van der Waals surface area contributed by atoms with Crippen molar-refractivity contribution in [1.29, 1.82) is 0 Å². The van der Waals surface area contributed by atoms with Crippen LogP contribution in [0.15, 0.2) is 41.2 Å². The summed E-state index contributed by atoms with van der Waals surface area (Å²) in [6.45, 7) is 0. The molecule has 2 heterocycles. The fourth-order valence-corrected chi connectivity index (χ4v) is 2.67. The Hall–Kier alpha value is -2.50. The van der Waals surface area contributed by atoms with E-state index in [4.69, 9.17) is 5.73 Å². The van der Waals surface area contributed by atoms with Crippen molar-refractivity contribution in [2.45, 2.75) is 25.7 Å². The summed E-state index contributed by atoms with van der Waals surface area (Å²) in [5, 5.41) is 4.16. The molecule has 22 heavy (non-hydrogen) atoms. The molecule has 114 valence electrons. The van der Waals surface area contributed by atoms with Crippen molar-refractivity contribution in [2.24, 2.45) is 17.8 Å². The number of nitrogens with zero attached hydrogens (tertiary/aromatic N) is 4. The van der Waals surface area contributed by atoms with Gasteiger partial charge in [0.1, 0.15) is 5.82 Å². The van der Waals surface area contributed by atoms with Crippen molar-refractivity contribution in [2.75, 3.05) is 0 Å². The highest BCUT2D eigenvalue weighted by molar-refractivity contribution is 6.07. The summed E-state index contributed by atoms with van der Waals surface area (Å²) >= 11 is 0. The minimum Gasteiger partial charge on any atom is -0.397 e. The van der Waals surface area contributed by atoms with Crippen molar-refractivity contribution < 1.29 is 4.39 Å². The maximum atomic E-state index is 13.0. The van der Waals surface area contributed by atoms with E-state index in [2.05, 4.69) is 15.1 Å². The van der Waals surface area contributed by atoms with Crippen LogP contribution >= 0.6 is 0 Å². The zero-order chi connectivity index (χ0) is 15.5. The van der Waals surface area contributed by atoms with E-state index in [9.17, 15) is 4.39 Å². The van der Waals surface area contributed by atoms with Crippen LogP contribution in [0, 0.1) is 5.82 Å². The maximum Gasteiger partial charge on any atom is 0.152 e. The van der Waals surface area contributed by atoms with Crippen molar-refractivity contribution in [3.8, 4) is 0 Å². The van der Waals surface area contributed by atoms with Crippen molar-refractivity contribution >= 4 is 17.2 Å². The third-order valence-corrected chi connectivity index (χ3v) is 3.82. The van der Waals surface area contributed by atoms with Gasteiger partial charge in [0.15, 0.2) is 5.82 Å². The Balaban J connectivity index is 2.01. The lowest BCUT2D eigenvalue weighted by Gasteiger charge is -2.19. The van der Waals surface area contributed by atoms with E-state index in [0.717, 1.165) is 42.7 Å². The van der Waals surface area contributed by atoms with Gasteiger partial charge in [0.25, 0.3) is 0 Å². The van der Waals surface area contributed by atoms with Crippen LogP contribution in [0.4, 0.5) is 10.2 Å². The first-order chi connectivity index (χ1) is 10.6. The van der Waals surface area contributed by atoms with Crippen LogP contribution in [0.5, 0.6) is 0 Å². The molecule has 1 fully saturated rings. The van der Waals surface area contributed by atoms with Crippen molar-refractivity contribution in [3.63, 3.8) is 0 Å². The van der Waals surface area contributed by atoms with E-state index in [0.29, 0.717) is 11.5 Å². The van der Waals surface area contributed by atoms with Crippen LogP contribution in [-0.4, -0.2) is 20.5 Å². The molecule has 1 aliphatic rings. The minimum absolute atomic E-state index is 0.363. The number of rotatable bonds is 2. The smallest absolute Gasteiger partial charge is 0.152 e. The second-order valence-corrected chi connectivity index (χ2v) is 5.33. The van der Waals surface area contributed by atoms with Gasteiger partial charge in [-0.05, 0) is 49.5 Å². The fraction of sp³-hybridized carbons (Fsp3) is 0.312. The van der Waals surface area contributed by atoms with Crippen LogP contribution in [0.2, 0.25) is 0 Å². The molecule has 0 aromatic carbocycles. The molecule has 2 aromatic heterocycles. The second kappa shape index (κ2) is 6.09. The third kappa shape index (κ3) is 2.90. The average Bonchev–Trinajstić information content (AvgIpc) is 2.96. The molecule has 2 aromatic rings. The van der Waals surface area contributed by atoms with E-state index in [1.165, 1.54) is 12.3 Å². The molecule has 3 rings (SSSR count). The molecule has 2 N–H and O–H groups in total. The summed E-state index contributed by atoms with van der Waals surface area (Å²) < 4.78 is 14.7. The molecule has 0 amide bonds. The Labute approximate surface area is 128 Å². The van der Waals surface area contributed by atoms with Gasteiger partial charge in [-0.3, -0.25) is 4.68 Å². The van der Waals surface area contributed by atoms with Gasteiger partial charge in [0.05, 0.1) is 17.6 Å². The van der Waals surface area contributed by atoms with Crippen LogP contribution in [0.25, 0.3) is 5.70 Å². The number of aromatic nitrogens is 3. The highest BCUT2D eigenvalue weighted by Gasteiger charge is 2.19. The molecule has 5 nitrogen and oxygen atoms in total. The quantitative estimate of drug-likeness (QED) is 0.927. The molecule has 1 saturated carbocycles. The first-order valence-corrected chi connectivity index (χ1v) is 7.31. The Kier molecular flexibility index (Phi) is 4.00. The van der Waals surface area contributed by atoms with Crippen LogP contribution in [0.3, 0.4) is 0 Å². The van der Waals surface area contributed by atoms with Gasteiger partial charge < -0.3 is 5.73 Å². The predicted molar refractivity (Wildman–Crippen MR) is 84.1 cm³/mol. The Morgan fingerprint density at radius 1 is 1.27 bits per heavy atom. The number of allylic oxidation sites excluding steroid dienone is 1. The molecule has 6 heteroatoms. The molecule has 0 spiro atoms. The van der Waals surface area contributed by atoms with E-state index in [1.54, 1.807) is 16.9 Å². The molecular formula is C16H18FN5. The zero-order valence-electron chi connectivity index (χ0n) is 12.5. The average molecular weight is 299 g/mol. The second-order valence-electron chi connectivity index (χ2n) is 5.33. The van der Waals surface area contributed by atoms with Gasteiger partial charge in [-0.25, -0.2) is 14.4 Å². The zero-order valence-corrected chi connectivity index (χ0v) is 12.5. The summed E-state index contributed by atoms with van der Waals surface area (Å²) in [7, 11) is 1.87. The SMILES string of the molecule is Cn1nccc1/C(N)=C1\CCCCC1=Nc1ccc(F)cn1. The number of hydrogen-bond donors (Lipinski definition) is 1. The van der Waals surface area contributed by atoms with E-state index in [-0.39, 0.29) is 5.82 Å². The summed E-state index contributed by atoms with van der Waals surface area (Å²) in [4.78, 5) is 8.58. The Morgan fingerprint density at radius 2 is 2.09 bits per heavy atom. The molecular weight excluding hydrogens is 281 g/mol. The van der Waals surface area contributed by atoms with Crippen molar-refractivity contribution in [3.05, 3.63) is 47.7 Å². The van der Waals surface area contributed by atoms with Crippen LogP contribution < -0.4 is 5.73 Å². The lowest BCUT2D eigenvalue weighted by Crippen LogP contribution is -2.16. The molecule has 0 radical (unpaired) electrons. The third-order valence-electron chi connectivity index (χ3n) is 3.82. The highest BCUT2D eigenvalue weighted by Crippen LogP contribution is 2.28. The van der Waals surface area contributed by atoms with E-state index < -0.39 is 0 Å². The number of aryl methyl sites for hydroxylation is 1. The summed E-state index contributed by atoms with van der Waals surface area (Å²) in [5.41, 5.74) is 9.91. The van der Waals surface area contributed by atoms with Gasteiger partial charge in [-0.2, -0.15) is 5.10 Å². The molecule has 0 atom stereocenters. The topological polar surface area (TPSA) is 69.1 Å². The Bertz CT molecular complexity index is 727. The number of hydrogen-bond acceptors (Lipinski definition) is 4. The molecule has 0 aliphatic heterocycles. The number of pyridine rings is 1. The first kappa shape index (κ1) is 14.4. The van der Waals surface area contributed by atoms with Gasteiger partial charge >= 0.3 is 0 Å². The Morgan fingerprint density at radius 3 is 2.77 bits per heavy atom. The first-order valence-electron chi connectivity index (χ1n) is 7.31. The van der Waals surface area contributed by atoms with Crippen molar-refractivity contribution in [1.82, 2.24) is 14.8 Å². The number of nitrogens with two attached hydrogens (primary N) is 1. The lowest BCUT2D eigenvalue weighted by atomic mass is 9.90. The fourth-order valence-electron chi connectivity index (χ4n) is 2.67. The van der Waals surface area contributed by atoms with Gasteiger partial charge in [-0.15, -0.1) is 0 Å². The van der Waals surface area contributed by atoms with E-state index >= 15 is 0 Å². The monoisotopic (exact) mass is 299 g/mol. The highest BCUT2D eigenvalue weighted by atomic mass is 19.1. The largest absolute Gasteiger partial charge is 0.397 e. The molecule has 0 saturated heterocycles. The lowest BCUT2D eigenvalue weighted by molar-refractivity contribution is 0.621. The minimum atomic E-state index is -0.363. The van der Waals surface area contributed by atoms with Crippen LogP contribution in [-0.2, 0) is 7.05 Å². The van der Waals surface area contributed by atoms with Gasteiger partial charge in [-0.1, -0.05) is 0 Å². The summed E-state index contributed by atoms with van der Waals surface area (Å²) in [5.74, 6) is 0.145. The molecule has 1 aliphatic carbocycles. The van der Waals surface area contributed by atoms with Gasteiger partial charge in [0, 0.05) is 19.0 Å². The van der Waals surface area contributed by atoms with Gasteiger partial charge in [0.2, 0.25) is 0 Å². The normalized spacial score (nSPS) is 19.5. The number of halogens is 1. The molecule has 0 unspecified atom stereocenters. The number of aliphatic imine (C=N–C) groups is 1. The summed E-state index contributed by atoms with van der Waals surface area (Å²) in [6.07, 6.45) is 6.80. The molecule has 0 bridgehead atoms. The predicted octanol–water partition coefficient (Wildman–Crippen LogP) is 2.97. The maximum absolute atomic E-state index is 13.0. The standard InChI is InChI=1S/C16H18FN5/c1-22-14(8-9-20-22)16(18)12-4-2-3-5-13(12)21-15-7-6-11(17)10-19-15/h6-10H,2-5,18H2,1H3/b16-12-,21-13?. The van der Waals surface area contributed by atoms with E-state index in [1.807, 2.05) is 13.1 Å². The van der Waals surface area contributed by atoms with Crippen LogP contribution in [0.1, 0.15) is 31.4 Å².